The number of benzene rings is 1. The Hall–Kier alpha value is -1.34. The van der Waals surface area contributed by atoms with E-state index in [1.165, 1.54) is 6.07 Å². The SMILES string of the molecule is NC(=S)c1ccc(N2CCC(O)CC2)cc1C(F)(F)F. The summed E-state index contributed by atoms with van der Waals surface area (Å²) in [4.78, 5) is 1.56. The van der Waals surface area contributed by atoms with Crippen LogP contribution >= 0.6 is 12.2 Å². The molecule has 1 aromatic carbocycles. The first-order valence-corrected chi connectivity index (χ1v) is 6.64. The van der Waals surface area contributed by atoms with Crippen LogP contribution in [0.4, 0.5) is 18.9 Å². The molecule has 3 N–H and O–H groups in total. The molecular formula is C13H15F3N2OS. The zero-order valence-electron chi connectivity index (χ0n) is 10.7. The maximum Gasteiger partial charge on any atom is 0.417 e. The van der Waals surface area contributed by atoms with Gasteiger partial charge in [0.05, 0.1) is 11.7 Å². The number of anilines is 1. The van der Waals surface area contributed by atoms with Crippen molar-refractivity contribution in [3.05, 3.63) is 29.3 Å². The van der Waals surface area contributed by atoms with Crippen LogP contribution < -0.4 is 10.6 Å². The van der Waals surface area contributed by atoms with Gasteiger partial charge in [-0.3, -0.25) is 0 Å². The van der Waals surface area contributed by atoms with Gasteiger partial charge in [0.25, 0.3) is 0 Å². The molecule has 0 spiro atoms. The molecular weight excluding hydrogens is 289 g/mol. The van der Waals surface area contributed by atoms with Crippen molar-refractivity contribution in [3.63, 3.8) is 0 Å². The molecule has 0 bridgehead atoms. The number of piperidine rings is 1. The molecule has 2 rings (SSSR count). The molecule has 0 radical (unpaired) electrons. The second kappa shape index (κ2) is 5.57. The van der Waals surface area contributed by atoms with Crippen LogP contribution in [0.15, 0.2) is 18.2 Å². The number of alkyl halides is 3. The highest BCUT2D eigenvalue weighted by molar-refractivity contribution is 7.80. The summed E-state index contributed by atoms with van der Waals surface area (Å²) in [6.07, 6.45) is -3.76. The topological polar surface area (TPSA) is 49.5 Å². The first-order valence-electron chi connectivity index (χ1n) is 6.23. The van der Waals surface area contributed by atoms with Gasteiger partial charge in [-0.1, -0.05) is 12.2 Å². The lowest BCUT2D eigenvalue weighted by Gasteiger charge is -2.32. The largest absolute Gasteiger partial charge is 0.417 e. The predicted molar refractivity (Wildman–Crippen MR) is 74.8 cm³/mol. The quantitative estimate of drug-likeness (QED) is 0.823. The maximum absolute atomic E-state index is 13.0. The molecule has 0 amide bonds. The fourth-order valence-corrected chi connectivity index (χ4v) is 2.48. The van der Waals surface area contributed by atoms with E-state index in [1.807, 2.05) is 4.90 Å². The van der Waals surface area contributed by atoms with E-state index < -0.39 is 11.7 Å². The molecule has 110 valence electrons. The molecule has 3 nitrogen and oxygen atoms in total. The molecule has 1 heterocycles. The summed E-state index contributed by atoms with van der Waals surface area (Å²) < 4.78 is 39.1. The third kappa shape index (κ3) is 3.21. The van der Waals surface area contributed by atoms with Gasteiger partial charge in [-0.05, 0) is 31.0 Å². The maximum atomic E-state index is 13.0. The highest BCUT2D eigenvalue weighted by Gasteiger charge is 2.34. The summed E-state index contributed by atoms with van der Waals surface area (Å²) in [5.74, 6) is 0. The summed E-state index contributed by atoms with van der Waals surface area (Å²) in [6.45, 7) is 1.07. The van der Waals surface area contributed by atoms with Crippen molar-refractivity contribution in [2.75, 3.05) is 18.0 Å². The van der Waals surface area contributed by atoms with Gasteiger partial charge in [0.2, 0.25) is 0 Å². The summed E-state index contributed by atoms with van der Waals surface area (Å²) in [7, 11) is 0. The standard InChI is InChI=1S/C13H15F3N2OS/c14-13(15,16)11-7-8(1-2-10(11)12(17)20)18-5-3-9(19)4-6-18/h1-2,7,9,19H,3-6H2,(H2,17,20). The van der Waals surface area contributed by atoms with Crippen molar-refractivity contribution in [1.29, 1.82) is 0 Å². The van der Waals surface area contributed by atoms with Gasteiger partial charge in [0.15, 0.2) is 0 Å². The van der Waals surface area contributed by atoms with Crippen LogP contribution in [0, 0.1) is 0 Å². The van der Waals surface area contributed by atoms with Crippen LogP contribution in [0.25, 0.3) is 0 Å². The van der Waals surface area contributed by atoms with Gasteiger partial charge in [-0.25, -0.2) is 0 Å². The van der Waals surface area contributed by atoms with Crippen molar-refractivity contribution in [2.45, 2.75) is 25.1 Å². The van der Waals surface area contributed by atoms with Gasteiger partial charge >= 0.3 is 6.18 Å². The summed E-state index contributed by atoms with van der Waals surface area (Å²) >= 11 is 4.66. The normalized spacial score (nSPS) is 17.3. The number of hydrogen-bond acceptors (Lipinski definition) is 3. The molecule has 1 saturated heterocycles. The second-order valence-electron chi connectivity index (χ2n) is 4.81. The van der Waals surface area contributed by atoms with Crippen LogP contribution in [-0.4, -0.2) is 29.3 Å². The predicted octanol–water partition coefficient (Wildman–Crippen LogP) is 2.30. The Labute approximate surface area is 120 Å². The lowest BCUT2D eigenvalue weighted by Crippen LogP contribution is -2.36. The first kappa shape index (κ1) is 15.1. The molecule has 7 heteroatoms. The van der Waals surface area contributed by atoms with E-state index in [-0.39, 0.29) is 16.7 Å². The van der Waals surface area contributed by atoms with Gasteiger partial charge < -0.3 is 15.7 Å². The van der Waals surface area contributed by atoms with Gasteiger partial charge in [0.1, 0.15) is 4.99 Å². The molecule has 0 aromatic heterocycles. The number of nitrogens with zero attached hydrogens (tertiary/aromatic N) is 1. The molecule has 1 aromatic rings. The lowest BCUT2D eigenvalue weighted by molar-refractivity contribution is -0.137. The van der Waals surface area contributed by atoms with Crippen LogP contribution in [0.1, 0.15) is 24.0 Å². The zero-order valence-corrected chi connectivity index (χ0v) is 11.5. The average Bonchev–Trinajstić information content (AvgIpc) is 2.38. The smallest absolute Gasteiger partial charge is 0.393 e. The number of halogens is 3. The van der Waals surface area contributed by atoms with Crippen molar-refractivity contribution < 1.29 is 18.3 Å². The second-order valence-corrected chi connectivity index (χ2v) is 5.25. The van der Waals surface area contributed by atoms with E-state index in [9.17, 15) is 18.3 Å². The Morgan fingerprint density at radius 1 is 1.30 bits per heavy atom. The van der Waals surface area contributed by atoms with Crippen molar-refractivity contribution in [3.8, 4) is 0 Å². The number of thiocarbonyl (C=S) groups is 1. The molecule has 1 aliphatic heterocycles. The fraction of sp³-hybridized carbons (Fsp3) is 0.462. The third-order valence-electron chi connectivity index (χ3n) is 3.40. The minimum Gasteiger partial charge on any atom is -0.393 e. The minimum absolute atomic E-state index is 0.159. The van der Waals surface area contributed by atoms with Crippen molar-refractivity contribution in [2.24, 2.45) is 5.73 Å². The van der Waals surface area contributed by atoms with E-state index in [0.717, 1.165) is 6.07 Å². The average molecular weight is 304 g/mol. The minimum atomic E-state index is -4.50. The number of aliphatic hydroxyl groups excluding tert-OH is 1. The molecule has 20 heavy (non-hydrogen) atoms. The van der Waals surface area contributed by atoms with Crippen molar-refractivity contribution in [1.82, 2.24) is 0 Å². The van der Waals surface area contributed by atoms with Crippen LogP contribution in [0.3, 0.4) is 0 Å². The first-order chi connectivity index (χ1) is 9.29. The van der Waals surface area contributed by atoms with Crippen LogP contribution in [0.5, 0.6) is 0 Å². The number of aliphatic hydroxyl groups is 1. The van der Waals surface area contributed by atoms with E-state index in [4.69, 9.17) is 5.73 Å². The molecule has 0 saturated carbocycles. The highest BCUT2D eigenvalue weighted by atomic mass is 32.1. The molecule has 0 atom stereocenters. The zero-order chi connectivity index (χ0) is 14.9. The van der Waals surface area contributed by atoms with E-state index in [2.05, 4.69) is 12.2 Å². The number of hydrogen-bond donors (Lipinski definition) is 2. The van der Waals surface area contributed by atoms with Gasteiger partial charge in [0, 0.05) is 24.3 Å². The van der Waals surface area contributed by atoms with E-state index >= 15 is 0 Å². The van der Waals surface area contributed by atoms with Crippen molar-refractivity contribution >= 4 is 22.9 Å². The number of nitrogens with two attached hydrogens (primary N) is 1. The Balaban J connectivity index is 2.35. The molecule has 0 unspecified atom stereocenters. The Morgan fingerprint density at radius 2 is 1.90 bits per heavy atom. The highest BCUT2D eigenvalue weighted by Crippen LogP contribution is 2.35. The van der Waals surface area contributed by atoms with E-state index in [1.54, 1.807) is 6.07 Å². The lowest BCUT2D eigenvalue weighted by atomic mass is 10.0. The molecule has 0 aliphatic carbocycles. The molecule has 1 aliphatic rings. The van der Waals surface area contributed by atoms with E-state index in [0.29, 0.717) is 31.6 Å². The Morgan fingerprint density at radius 3 is 2.40 bits per heavy atom. The Bertz CT molecular complexity index is 511. The Kier molecular flexibility index (Phi) is 4.19. The summed E-state index contributed by atoms with van der Waals surface area (Å²) in [5.41, 5.74) is 4.85. The van der Waals surface area contributed by atoms with Gasteiger partial charge in [-0.2, -0.15) is 13.2 Å². The summed E-state index contributed by atoms with van der Waals surface area (Å²) in [5, 5.41) is 9.43. The fourth-order valence-electron chi connectivity index (χ4n) is 2.30. The monoisotopic (exact) mass is 304 g/mol. The molecule has 1 fully saturated rings. The summed E-state index contributed by atoms with van der Waals surface area (Å²) in [6, 6.07) is 3.97. The van der Waals surface area contributed by atoms with Crippen LogP contribution in [0.2, 0.25) is 0 Å². The third-order valence-corrected chi connectivity index (χ3v) is 3.62. The number of rotatable bonds is 2. The van der Waals surface area contributed by atoms with Crippen LogP contribution in [-0.2, 0) is 6.18 Å². The van der Waals surface area contributed by atoms with Gasteiger partial charge in [-0.15, -0.1) is 0 Å².